The second-order valence-electron chi connectivity index (χ2n) is 3.59. The zero-order chi connectivity index (χ0) is 11.8. The van der Waals surface area contributed by atoms with Gasteiger partial charge >= 0.3 is 0 Å². The van der Waals surface area contributed by atoms with Crippen LogP contribution in [0.5, 0.6) is 0 Å². The number of halogens is 2. The molecule has 2 aromatic heterocycles. The molecule has 3 nitrogen and oxygen atoms in total. The Morgan fingerprint density at radius 1 is 1.18 bits per heavy atom. The van der Waals surface area contributed by atoms with Crippen LogP contribution in [-0.2, 0) is 0 Å². The molecule has 0 saturated carbocycles. The quantitative estimate of drug-likeness (QED) is 0.644. The third-order valence-electron chi connectivity index (χ3n) is 2.53. The standard InChI is InChI=1S/C12H7F2N3/c13-8-1-2-9(10(14)5-8)12-11-6-15-3-4-17(11)7-16-12/h1-7H. The molecule has 2 heterocycles. The Labute approximate surface area is 95.4 Å². The number of fused-ring (bicyclic) bond motifs is 1. The predicted octanol–water partition coefficient (Wildman–Crippen LogP) is 2.67. The van der Waals surface area contributed by atoms with Crippen molar-refractivity contribution in [3.05, 3.63) is 54.8 Å². The van der Waals surface area contributed by atoms with Crippen LogP contribution in [0.1, 0.15) is 0 Å². The lowest BCUT2D eigenvalue weighted by Crippen LogP contribution is -1.88. The van der Waals surface area contributed by atoms with Crippen molar-refractivity contribution < 1.29 is 8.78 Å². The molecule has 84 valence electrons. The van der Waals surface area contributed by atoms with Crippen LogP contribution in [-0.4, -0.2) is 14.4 Å². The number of nitrogens with zero attached hydrogens (tertiary/aromatic N) is 3. The van der Waals surface area contributed by atoms with E-state index in [1.807, 2.05) is 0 Å². The predicted molar refractivity (Wildman–Crippen MR) is 58.3 cm³/mol. The monoisotopic (exact) mass is 231 g/mol. The van der Waals surface area contributed by atoms with Crippen molar-refractivity contribution in [1.82, 2.24) is 14.4 Å². The summed E-state index contributed by atoms with van der Waals surface area (Å²) in [6.45, 7) is 0. The Morgan fingerprint density at radius 2 is 2.06 bits per heavy atom. The van der Waals surface area contributed by atoms with E-state index in [2.05, 4.69) is 9.97 Å². The molecule has 0 bridgehead atoms. The fourth-order valence-electron chi connectivity index (χ4n) is 1.73. The minimum Gasteiger partial charge on any atom is -0.303 e. The van der Waals surface area contributed by atoms with Crippen LogP contribution in [0.2, 0.25) is 0 Å². The number of benzene rings is 1. The summed E-state index contributed by atoms with van der Waals surface area (Å²) >= 11 is 0. The first kappa shape index (κ1) is 9.89. The van der Waals surface area contributed by atoms with Gasteiger partial charge in [0.05, 0.1) is 11.7 Å². The van der Waals surface area contributed by atoms with Gasteiger partial charge in [0, 0.05) is 24.0 Å². The van der Waals surface area contributed by atoms with Gasteiger partial charge in [-0.3, -0.25) is 4.98 Å². The molecule has 5 heteroatoms. The molecule has 3 rings (SSSR count). The van der Waals surface area contributed by atoms with Gasteiger partial charge in [0.2, 0.25) is 0 Å². The molecule has 0 fully saturated rings. The maximum atomic E-state index is 13.6. The van der Waals surface area contributed by atoms with E-state index in [1.165, 1.54) is 12.1 Å². The van der Waals surface area contributed by atoms with Crippen molar-refractivity contribution in [2.24, 2.45) is 0 Å². The lowest BCUT2D eigenvalue weighted by atomic mass is 10.1. The summed E-state index contributed by atoms with van der Waals surface area (Å²) in [5.41, 5.74) is 1.40. The highest BCUT2D eigenvalue weighted by atomic mass is 19.1. The first-order valence-electron chi connectivity index (χ1n) is 4.98. The highest BCUT2D eigenvalue weighted by Gasteiger charge is 2.12. The van der Waals surface area contributed by atoms with Crippen LogP contribution in [0.4, 0.5) is 8.78 Å². The Hall–Kier alpha value is -2.30. The van der Waals surface area contributed by atoms with Gasteiger partial charge in [-0.2, -0.15) is 0 Å². The average molecular weight is 231 g/mol. The van der Waals surface area contributed by atoms with E-state index in [4.69, 9.17) is 0 Å². The van der Waals surface area contributed by atoms with Crippen LogP contribution < -0.4 is 0 Å². The topological polar surface area (TPSA) is 30.2 Å². The molecule has 0 saturated heterocycles. The van der Waals surface area contributed by atoms with Crippen LogP contribution in [0.25, 0.3) is 16.8 Å². The molecule has 0 radical (unpaired) electrons. The van der Waals surface area contributed by atoms with Crippen molar-refractivity contribution in [3.8, 4) is 11.3 Å². The Bertz CT molecular complexity index is 691. The molecule has 0 aliphatic carbocycles. The molecule has 1 aromatic carbocycles. The second-order valence-corrected chi connectivity index (χ2v) is 3.59. The Morgan fingerprint density at radius 3 is 2.88 bits per heavy atom. The summed E-state index contributed by atoms with van der Waals surface area (Å²) in [5, 5.41) is 0. The van der Waals surface area contributed by atoms with Gasteiger partial charge in [0.15, 0.2) is 0 Å². The Kier molecular flexibility index (Phi) is 2.11. The maximum absolute atomic E-state index is 13.6. The van der Waals surface area contributed by atoms with Gasteiger partial charge in [-0.05, 0) is 12.1 Å². The zero-order valence-electron chi connectivity index (χ0n) is 8.64. The van der Waals surface area contributed by atoms with E-state index in [-0.39, 0.29) is 5.56 Å². The van der Waals surface area contributed by atoms with E-state index in [9.17, 15) is 8.78 Å². The van der Waals surface area contributed by atoms with Gasteiger partial charge < -0.3 is 4.40 Å². The lowest BCUT2D eigenvalue weighted by molar-refractivity contribution is 0.585. The first-order valence-corrected chi connectivity index (χ1v) is 4.98. The fourth-order valence-corrected chi connectivity index (χ4v) is 1.73. The smallest absolute Gasteiger partial charge is 0.135 e. The molecule has 0 unspecified atom stereocenters. The second kappa shape index (κ2) is 3.62. The number of hydrogen-bond donors (Lipinski definition) is 0. The maximum Gasteiger partial charge on any atom is 0.135 e. The number of aromatic nitrogens is 3. The zero-order valence-corrected chi connectivity index (χ0v) is 8.64. The van der Waals surface area contributed by atoms with Crippen molar-refractivity contribution in [2.75, 3.05) is 0 Å². The molecule has 0 N–H and O–H groups in total. The number of rotatable bonds is 1. The Balaban J connectivity index is 2.27. The summed E-state index contributed by atoms with van der Waals surface area (Å²) in [4.78, 5) is 8.08. The molecule has 17 heavy (non-hydrogen) atoms. The van der Waals surface area contributed by atoms with Crippen molar-refractivity contribution in [3.63, 3.8) is 0 Å². The van der Waals surface area contributed by atoms with E-state index in [0.717, 1.165) is 6.07 Å². The highest BCUT2D eigenvalue weighted by molar-refractivity contribution is 5.76. The summed E-state index contributed by atoms with van der Waals surface area (Å²) in [5.74, 6) is -1.23. The molecule has 0 amide bonds. The minimum absolute atomic E-state index is 0.266. The molecular formula is C12H7F2N3. The fraction of sp³-hybridized carbons (Fsp3) is 0. The normalized spacial score (nSPS) is 10.9. The third-order valence-corrected chi connectivity index (χ3v) is 2.53. The third kappa shape index (κ3) is 1.56. The van der Waals surface area contributed by atoms with E-state index < -0.39 is 11.6 Å². The molecule has 0 aliphatic heterocycles. The number of hydrogen-bond acceptors (Lipinski definition) is 2. The van der Waals surface area contributed by atoms with Gasteiger partial charge in [0.25, 0.3) is 0 Å². The van der Waals surface area contributed by atoms with Gasteiger partial charge in [-0.1, -0.05) is 0 Å². The van der Waals surface area contributed by atoms with E-state index in [1.54, 1.807) is 29.3 Å². The van der Waals surface area contributed by atoms with E-state index in [0.29, 0.717) is 11.2 Å². The molecule has 0 aliphatic rings. The summed E-state index contributed by atoms with van der Waals surface area (Å²) in [6, 6.07) is 3.43. The molecule has 0 spiro atoms. The summed E-state index contributed by atoms with van der Waals surface area (Å²) < 4.78 is 28.2. The van der Waals surface area contributed by atoms with Crippen molar-refractivity contribution in [1.29, 1.82) is 0 Å². The lowest BCUT2D eigenvalue weighted by Gasteiger charge is -2.00. The summed E-state index contributed by atoms with van der Waals surface area (Å²) in [6.07, 6.45) is 6.48. The molecule has 3 aromatic rings. The minimum atomic E-state index is -0.630. The average Bonchev–Trinajstić information content (AvgIpc) is 2.73. The van der Waals surface area contributed by atoms with Gasteiger partial charge in [-0.15, -0.1) is 0 Å². The summed E-state index contributed by atoms with van der Waals surface area (Å²) in [7, 11) is 0. The SMILES string of the molecule is Fc1ccc(-c2ncn3ccncc23)c(F)c1. The van der Waals surface area contributed by atoms with Crippen LogP contribution >= 0.6 is 0 Å². The largest absolute Gasteiger partial charge is 0.303 e. The van der Waals surface area contributed by atoms with Crippen LogP contribution in [0, 0.1) is 11.6 Å². The van der Waals surface area contributed by atoms with E-state index >= 15 is 0 Å². The first-order chi connectivity index (χ1) is 8.25. The van der Waals surface area contributed by atoms with Crippen molar-refractivity contribution in [2.45, 2.75) is 0 Å². The molecular weight excluding hydrogens is 224 g/mol. The molecule has 0 atom stereocenters. The van der Waals surface area contributed by atoms with Gasteiger partial charge in [-0.25, -0.2) is 13.8 Å². The number of imidazole rings is 1. The van der Waals surface area contributed by atoms with Crippen molar-refractivity contribution >= 4 is 5.52 Å². The van der Waals surface area contributed by atoms with Gasteiger partial charge in [0.1, 0.15) is 23.7 Å². The van der Waals surface area contributed by atoms with Crippen LogP contribution in [0.3, 0.4) is 0 Å². The van der Waals surface area contributed by atoms with Crippen LogP contribution in [0.15, 0.2) is 43.1 Å². The highest BCUT2D eigenvalue weighted by Crippen LogP contribution is 2.25.